The Bertz CT molecular complexity index is 2780. The van der Waals surface area contributed by atoms with Gasteiger partial charge in [-0.25, -0.2) is 15.0 Å². The highest BCUT2D eigenvalue weighted by Crippen LogP contribution is 2.60. The molecule has 0 atom stereocenters. The number of hydrogen-bond acceptors (Lipinski definition) is 5. The molecule has 2 aromatic heterocycles. The molecule has 8 aromatic rings. The summed E-state index contributed by atoms with van der Waals surface area (Å²) in [5, 5.41) is 11.5. The predicted molar refractivity (Wildman–Crippen MR) is 219 cm³/mol. The maximum atomic E-state index is 9.50. The van der Waals surface area contributed by atoms with Gasteiger partial charge in [0.25, 0.3) is 0 Å². The van der Waals surface area contributed by atoms with E-state index in [0.717, 1.165) is 73.1 Å². The third kappa shape index (κ3) is 5.47. The van der Waals surface area contributed by atoms with E-state index in [9.17, 15) is 5.26 Å². The molecule has 12 rings (SSSR count). The standard InChI is InChI=1S/C50H38N4O/c51-30-31-16-21-43-45(25-31)55-44-15-7-14-41(46(43)44)37-10-6-11-38(26-37)48-52-47(53-49(54-48)42-13-5-4-12-40(42)35-8-2-1-3-9-35)36-17-19-39(20-18-36)50-27-32-22-33(28-50)24-34(23-32)29-50/h1-21,25-26,32-34H,22-24,27-29H2. The van der Waals surface area contributed by atoms with Crippen molar-refractivity contribution in [2.75, 3.05) is 0 Å². The van der Waals surface area contributed by atoms with Crippen LogP contribution in [-0.4, -0.2) is 15.0 Å². The quantitative estimate of drug-likeness (QED) is 0.172. The topological polar surface area (TPSA) is 75.6 Å². The van der Waals surface area contributed by atoms with Gasteiger partial charge in [0.15, 0.2) is 17.5 Å². The molecule has 4 aliphatic rings. The van der Waals surface area contributed by atoms with E-state index in [1.54, 1.807) is 0 Å². The first-order valence-corrected chi connectivity index (χ1v) is 19.6. The van der Waals surface area contributed by atoms with Gasteiger partial charge in [-0.15, -0.1) is 0 Å². The minimum atomic E-state index is 0.332. The van der Waals surface area contributed by atoms with Crippen molar-refractivity contribution in [2.24, 2.45) is 17.8 Å². The Labute approximate surface area is 320 Å². The van der Waals surface area contributed by atoms with Gasteiger partial charge >= 0.3 is 0 Å². The van der Waals surface area contributed by atoms with E-state index in [1.807, 2.05) is 36.4 Å². The summed E-state index contributed by atoms with van der Waals surface area (Å²) in [4.78, 5) is 15.6. The van der Waals surface area contributed by atoms with Gasteiger partial charge in [0.1, 0.15) is 11.2 Å². The SMILES string of the molecule is N#Cc1ccc2c(c1)oc1cccc(-c3cccc(-c4nc(-c5ccc(C67CC8CC(CC(C8)C6)C7)cc5)nc(-c5ccccc5-c5ccccc5)n4)c3)c12. The molecule has 0 radical (unpaired) electrons. The van der Waals surface area contributed by atoms with Gasteiger partial charge in [0.2, 0.25) is 0 Å². The summed E-state index contributed by atoms with van der Waals surface area (Å²) in [6.45, 7) is 0. The molecule has 4 saturated carbocycles. The maximum absolute atomic E-state index is 9.50. The Balaban J connectivity index is 1.04. The molecule has 2 heterocycles. The highest BCUT2D eigenvalue weighted by molar-refractivity contribution is 6.12. The molecule has 5 heteroatoms. The molecule has 5 nitrogen and oxygen atoms in total. The molecule has 0 saturated heterocycles. The second kappa shape index (κ2) is 12.6. The highest BCUT2D eigenvalue weighted by atomic mass is 16.3. The van der Waals surface area contributed by atoms with Crippen molar-refractivity contribution in [2.45, 2.75) is 43.9 Å². The van der Waals surface area contributed by atoms with Gasteiger partial charge in [-0.2, -0.15) is 5.26 Å². The minimum absolute atomic E-state index is 0.332. The van der Waals surface area contributed by atoms with Crippen molar-refractivity contribution < 1.29 is 4.42 Å². The first-order valence-electron chi connectivity index (χ1n) is 19.6. The van der Waals surface area contributed by atoms with Crippen LogP contribution in [0.4, 0.5) is 0 Å². The Hall–Kier alpha value is -6.38. The van der Waals surface area contributed by atoms with Crippen LogP contribution < -0.4 is 0 Å². The van der Waals surface area contributed by atoms with Crippen molar-refractivity contribution >= 4 is 21.9 Å². The maximum Gasteiger partial charge on any atom is 0.164 e. The van der Waals surface area contributed by atoms with E-state index in [-0.39, 0.29) is 0 Å². The lowest BCUT2D eigenvalue weighted by Gasteiger charge is -2.57. The van der Waals surface area contributed by atoms with Crippen LogP contribution in [-0.2, 0) is 5.41 Å². The Morgan fingerprint density at radius 2 is 1.13 bits per heavy atom. The number of rotatable bonds is 6. The molecular formula is C50H38N4O. The first kappa shape index (κ1) is 32.1. The summed E-state index contributed by atoms with van der Waals surface area (Å²) >= 11 is 0. The van der Waals surface area contributed by atoms with Gasteiger partial charge in [-0.05, 0) is 120 Å². The second-order valence-corrected chi connectivity index (χ2v) is 16.2. The van der Waals surface area contributed by atoms with E-state index in [2.05, 4.69) is 109 Å². The Kier molecular flexibility index (Phi) is 7.35. The van der Waals surface area contributed by atoms with Crippen LogP contribution >= 0.6 is 0 Å². The van der Waals surface area contributed by atoms with Crippen molar-refractivity contribution in [1.29, 1.82) is 5.26 Å². The summed E-state index contributed by atoms with van der Waals surface area (Å²) in [7, 11) is 0. The lowest BCUT2D eigenvalue weighted by Crippen LogP contribution is -2.48. The number of aromatic nitrogens is 3. The van der Waals surface area contributed by atoms with Gasteiger partial charge in [0.05, 0.1) is 11.6 Å². The smallest absolute Gasteiger partial charge is 0.164 e. The van der Waals surface area contributed by atoms with Crippen LogP contribution in [0.3, 0.4) is 0 Å². The van der Waals surface area contributed by atoms with E-state index in [1.165, 1.54) is 44.1 Å². The fourth-order valence-electron chi connectivity index (χ4n) is 10.7. The normalized spacial score (nSPS) is 21.3. The van der Waals surface area contributed by atoms with Crippen molar-refractivity contribution in [3.63, 3.8) is 0 Å². The van der Waals surface area contributed by atoms with Crippen LogP contribution in [0.15, 0.2) is 144 Å². The number of furan rings is 1. The summed E-state index contributed by atoms with van der Waals surface area (Å²) in [5.74, 6) is 4.63. The van der Waals surface area contributed by atoms with Crippen LogP contribution in [0.1, 0.15) is 49.7 Å². The average Bonchev–Trinajstić information content (AvgIpc) is 3.62. The van der Waals surface area contributed by atoms with E-state index in [0.29, 0.717) is 34.0 Å². The lowest BCUT2D eigenvalue weighted by molar-refractivity contribution is -0.00518. The zero-order chi connectivity index (χ0) is 36.5. The molecule has 6 aromatic carbocycles. The molecule has 0 amide bonds. The molecule has 0 aliphatic heterocycles. The van der Waals surface area contributed by atoms with E-state index in [4.69, 9.17) is 19.4 Å². The monoisotopic (exact) mass is 710 g/mol. The summed E-state index contributed by atoms with van der Waals surface area (Å²) < 4.78 is 6.24. The molecule has 0 N–H and O–H groups in total. The van der Waals surface area contributed by atoms with Crippen LogP contribution in [0, 0.1) is 29.1 Å². The van der Waals surface area contributed by atoms with Crippen LogP contribution in [0.5, 0.6) is 0 Å². The van der Waals surface area contributed by atoms with Gasteiger partial charge in [0, 0.05) is 27.5 Å². The fourth-order valence-corrected chi connectivity index (χ4v) is 10.7. The predicted octanol–water partition coefficient (Wildman–Crippen LogP) is 12.4. The third-order valence-corrected chi connectivity index (χ3v) is 12.7. The minimum Gasteiger partial charge on any atom is -0.456 e. The Morgan fingerprint density at radius 1 is 0.509 bits per heavy atom. The first-order chi connectivity index (χ1) is 27.1. The zero-order valence-corrected chi connectivity index (χ0v) is 30.5. The molecule has 264 valence electrons. The van der Waals surface area contributed by atoms with E-state index < -0.39 is 0 Å². The van der Waals surface area contributed by atoms with Crippen molar-refractivity contribution in [3.8, 4) is 62.5 Å². The number of benzene rings is 6. The molecular weight excluding hydrogens is 673 g/mol. The lowest BCUT2D eigenvalue weighted by atomic mass is 9.48. The Morgan fingerprint density at radius 3 is 1.87 bits per heavy atom. The molecule has 0 unspecified atom stereocenters. The summed E-state index contributed by atoms with van der Waals surface area (Å²) in [6.07, 6.45) is 8.35. The van der Waals surface area contributed by atoms with E-state index >= 15 is 0 Å². The number of fused-ring (bicyclic) bond motifs is 3. The molecule has 4 fully saturated rings. The van der Waals surface area contributed by atoms with Crippen molar-refractivity contribution in [3.05, 3.63) is 151 Å². The van der Waals surface area contributed by atoms with Gasteiger partial charge in [-0.3, -0.25) is 0 Å². The summed E-state index contributed by atoms with van der Waals surface area (Å²) in [6, 6.07) is 50.5. The van der Waals surface area contributed by atoms with Crippen LogP contribution in [0.25, 0.3) is 78.4 Å². The fraction of sp³-hybridized carbons (Fsp3) is 0.200. The molecule has 55 heavy (non-hydrogen) atoms. The molecule has 4 bridgehead atoms. The van der Waals surface area contributed by atoms with Gasteiger partial charge < -0.3 is 4.42 Å². The van der Waals surface area contributed by atoms with Crippen LogP contribution in [0.2, 0.25) is 0 Å². The largest absolute Gasteiger partial charge is 0.456 e. The number of nitriles is 1. The second-order valence-electron chi connectivity index (χ2n) is 16.2. The average molecular weight is 711 g/mol. The summed E-state index contributed by atoms with van der Waals surface area (Å²) in [5.41, 5.74) is 11.0. The van der Waals surface area contributed by atoms with Crippen molar-refractivity contribution in [1.82, 2.24) is 15.0 Å². The molecule has 4 aliphatic carbocycles. The number of hydrogen-bond donors (Lipinski definition) is 0. The third-order valence-electron chi connectivity index (χ3n) is 12.7. The van der Waals surface area contributed by atoms with Gasteiger partial charge in [-0.1, -0.05) is 109 Å². The molecule has 0 spiro atoms. The number of nitrogens with zero attached hydrogens (tertiary/aromatic N) is 4. The highest BCUT2D eigenvalue weighted by Gasteiger charge is 2.51. The zero-order valence-electron chi connectivity index (χ0n) is 30.5.